The maximum atomic E-state index is 10.1. The van der Waals surface area contributed by atoms with E-state index in [0.29, 0.717) is 11.6 Å². The second-order valence-corrected chi connectivity index (χ2v) is 2.06. The van der Waals surface area contributed by atoms with E-state index < -0.39 is 6.09 Å². The molecule has 0 aromatic carbocycles. The third-order valence-electron chi connectivity index (χ3n) is 1.12. The van der Waals surface area contributed by atoms with Gasteiger partial charge in [0.25, 0.3) is 0 Å². The largest absolute Gasteiger partial charge is 0.465 e. The molecule has 0 bridgehead atoms. The van der Waals surface area contributed by atoms with Crippen LogP contribution in [0.4, 0.5) is 10.6 Å². The second-order valence-electron chi connectivity index (χ2n) is 2.06. The van der Waals surface area contributed by atoms with Crippen LogP contribution in [0.3, 0.4) is 0 Å². The first kappa shape index (κ1) is 8.25. The number of nitrogen functional groups attached to an aromatic ring is 1. The standard InChI is InChI=1S/C6H8N4O2/c7-4-1-2-8-5(10-4)3-9-6(11)12/h1-2,9H,3H2,(H,11,12)(H2,7,8,10). The van der Waals surface area contributed by atoms with Gasteiger partial charge in [-0.2, -0.15) is 0 Å². The van der Waals surface area contributed by atoms with Crippen LogP contribution in [0.1, 0.15) is 5.82 Å². The molecule has 1 heterocycles. The number of nitrogens with zero attached hydrogens (tertiary/aromatic N) is 2. The van der Waals surface area contributed by atoms with Gasteiger partial charge in [0.05, 0.1) is 6.54 Å². The molecule has 0 unspecified atom stereocenters. The molecule has 1 aromatic rings. The van der Waals surface area contributed by atoms with Gasteiger partial charge in [-0.15, -0.1) is 0 Å². The number of nitrogens with one attached hydrogen (secondary N) is 1. The van der Waals surface area contributed by atoms with E-state index >= 15 is 0 Å². The van der Waals surface area contributed by atoms with Crippen molar-refractivity contribution in [2.24, 2.45) is 0 Å². The minimum absolute atomic E-state index is 0.0698. The van der Waals surface area contributed by atoms with Crippen molar-refractivity contribution in [2.75, 3.05) is 5.73 Å². The number of hydrogen-bond acceptors (Lipinski definition) is 4. The molecular formula is C6H8N4O2. The Morgan fingerprint density at radius 2 is 2.50 bits per heavy atom. The van der Waals surface area contributed by atoms with Crippen LogP contribution in [0.5, 0.6) is 0 Å². The fourth-order valence-electron chi connectivity index (χ4n) is 0.655. The summed E-state index contributed by atoms with van der Waals surface area (Å²) in [6.07, 6.45) is 0.363. The van der Waals surface area contributed by atoms with E-state index in [0.717, 1.165) is 0 Å². The Hall–Kier alpha value is -1.85. The minimum atomic E-state index is -1.11. The Kier molecular flexibility index (Phi) is 2.42. The molecule has 6 nitrogen and oxygen atoms in total. The van der Waals surface area contributed by atoms with Crippen LogP contribution < -0.4 is 11.1 Å². The van der Waals surface area contributed by atoms with E-state index in [-0.39, 0.29) is 6.54 Å². The lowest BCUT2D eigenvalue weighted by atomic mass is 10.5. The Balaban J connectivity index is 2.57. The first-order valence-electron chi connectivity index (χ1n) is 3.22. The van der Waals surface area contributed by atoms with Crippen molar-refractivity contribution >= 4 is 11.9 Å². The smallest absolute Gasteiger partial charge is 0.405 e. The molecule has 0 fully saturated rings. The monoisotopic (exact) mass is 168 g/mol. The predicted octanol–water partition coefficient (Wildman–Crippen LogP) is -0.174. The summed E-state index contributed by atoms with van der Waals surface area (Å²) in [6.45, 7) is 0.0698. The number of carbonyl (C=O) groups is 1. The summed E-state index contributed by atoms with van der Waals surface area (Å²) in [5.74, 6) is 0.685. The van der Waals surface area contributed by atoms with Gasteiger partial charge in [-0.3, -0.25) is 0 Å². The zero-order valence-electron chi connectivity index (χ0n) is 6.19. The molecule has 1 rings (SSSR count). The lowest BCUT2D eigenvalue weighted by Crippen LogP contribution is -2.21. The molecule has 0 aliphatic heterocycles. The van der Waals surface area contributed by atoms with Gasteiger partial charge in [-0.1, -0.05) is 0 Å². The average molecular weight is 168 g/mol. The van der Waals surface area contributed by atoms with Crippen molar-refractivity contribution in [2.45, 2.75) is 6.54 Å². The van der Waals surface area contributed by atoms with Crippen LogP contribution in [-0.2, 0) is 6.54 Å². The highest BCUT2D eigenvalue weighted by molar-refractivity contribution is 5.64. The van der Waals surface area contributed by atoms with E-state index in [9.17, 15) is 4.79 Å². The summed E-state index contributed by atoms with van der Waals surface area (Å²) in [4.78, 5) is 17.6. The van der Waals surface area contributed by atoms with E-state index in [4.69, 9.17) is 10.8 Å². The molecule has 1 aromatic heterocycles. The summed E-state index contributed by atoms with van der Waals surface area (Å²) in [7, 11) is 0. The number of rotatable bonds is 2. The summed E-state index contributed by atoms with van der Waals surface area (Å²) in [6, 6.07) is 1.53. The third kappa shape index (κ3) is 2.41. The Labute approximate surface area is 68.4 Å². The molecule has 6 heteroatoms. The van der Waals surface area contributed by atoms with Gasteiger partial charge in [-0.05, 0) is 6.07 Å². The van der Waals surface area contributed by atoms with Crippen molar-refractivity contribution in [3.05, 3.63) is 18.1 Å². The van der Waals surface area contributed by atoms with Crippen LogP contribution in [-0.4, -0.2) is 21.2 Å². The van der Waals surface area contributed by atoms with Gasteiger partial charge in [0, 0.05) is 6.20 Å². The molecule has 0 saturated heterocycles. The number of anilines is 1. The average Bonchev–Trinajstić information content (AvgIpc) is 2.01. The van der Waals surface area contributed by atoms with Crippen LogP contribution in [0, 0.1) is 0 Å². The Morgan fingerprint density at radius 3 is 3.08 bits per heavy atom. The molecule has 64 valence electrons. The number of aromatic nitrogens is 2. The zero-order chi connectivity index (χ0) is 8.97. The first-order chi connectivity index (χ1) is 5.68. The summed E-state index contributed by atoms with van der Waals surface area (Å²) < 4.78 is 0. The van der Waals surface area contributed by atoms with Crippen LogP contribution in [0.15, 0.2) is 12.3 Å². The molecule has 12 heavy (non-hydrogen) atoms. The summed E-state index contributed by atoms with van der Waals surface area (Å²) >= 11 is 0. The number of nitrogens with two attached hydrogens (primary N) is 1. The lowest BCUT2D eigenvalue weighted by Gasteiger charge is -1.99. The third-order valence-corrected chi connectivity index (χ3v) is 1.12. The lowest BCUT2D eigenvalue weighted by molar-refractivity contribution is 0.193. The predicted molar refractivity (Wildman–Crippen MR) is 41.3 cm³/mol. The maximum absolute atomic E-state index is 10.1. The van der Waals surface area contributed by atoms with Gasteiger partial charge >= 0.3 is 6.09 Å². The van der Waals surface area contributed by atoms with E-state index in [2.05, 4.69) is 15.3 Å². The quantitative estimate of drug-likeness (QED) is 0.569. The summed E-state index contributed by atoms with van der Waals surface area (Å²) in [5, 5.41) is 10.4. The number of amides is 1. The summed E-state index contributed by atoms with van der Waals surface area (Å²) in [5.41, 5.74) is 5.34. The molecule has 0 spiro atoms. The van der Waals surface area contributed by atoms with Gasteiger partial charge < -0.3 is 16.2 Å². The number of carboxylic acid groups (broad SMARTS) is 1. The normalized spacial score (nSPS) is 9.33. The maximum Gasteiger partial charge on any atom is 0.405 e. The van der Waals surface area contributed by atoms with Crippen LogP contribution >= 0.6 is 0 Å². The minimum Gasteiger partial charge on any atom is -0.465 e. The second kappa shape index (κ2) is 3.51. The van der Waals surface area contributed by atoms with Gasteiger partial charge in [0.1, 0.15) is 11.6 Å². The first-order valence-corrected chi connectivity index (χ1v) is 3.22. The van der Waals surface area contributed by atoms with E-state index in [1.807, 2.05) is 0 Å². The molecule has 4 N–H and O–H groups in total. The van der Waals surface area contributed by atoms with Crippen LogP contribution in [0.2, 0.25) is 0 Å². The Morgan fingerprint density at radius 1 is 1.75 bits per heavy atom. The van der Waals surface area contributed by atoms with E-state index in [1.54, 1.807) is 0 Å². The van der Waals surface area contributed by atoms with Crippen LogP contribution in [0.25, 0.3) is 0 Å². The number of hydrogen-bond donors (Lipinski definition) is 3. The van der Waals surface area contributed by atoms with E-state index in [1.165, 1.54) is 12.3 Å². The van der Waals surface area contributed by atoms with Crippen molar-refractivity contribution in [3.63, 3.8) is 0 Å². The van der Waals surface area contributed by atoms with Crippen molar-refractivity contribution < 1.29 is 9.90 Å². The zero-order valence-corrected chi connectivity index (χ0v) is 6.19. The molecule has 0 aliphatic rings. The molecule has 0 radical (unpaired) electrons. The van der Waals surface area contributed by atoms with Gasteiger partial charge in [-0.25, -0.2) is 14.8 Å². The van der Waals surface area contributed by atoms with Gasteiger partial charge in [0.15, 0.2) is 0 Å². The SMILES string of the molecule is Nc1ccnc(CNC(=O)O)n1. The molecule has 0 aliphatic carbocycles. The van der Waals surface area contributed by atoms with Crippen molar-refractivity contribution in [1.82, 2.24) is 15.3 Å². The highest BCUT2D eigenvalue weighted by Crippen LogP contribution is 1.94. The molecular weight excluding hydrogens is 160 g/mol. The topological polar surface area (TPSA) is 101 Å². The van der Waals surface area contributed by atoms with Crippen molar-refractivity contribution in [1.29, 1.82) is 0 Å². The fourth-order valence-corrected chi connectivity index (χ4v) is 0.655. The molecule has 1 amide bonds. The highest BCUT2D eigenvalue weighted by atomic mass is 16.4. The Bertz CT molecular complexity index is 289. The highest BCUT2D eigenvalue weighted by Gasteiger charge is 1.98. The molecule has 0 atom stereocenters. The molecule has 0 saturated carbocycles. The van der Waals surface area contributed by atoms with Crippen molar-refractivity contribution in [3.8, 4) is 0 Å². The fraction of sp³-hybridized carbons (Fsp3) is 0.167. The van der Waals surface area contributed by atoms with Gasteiger partial charge in [0.2, 0.25) is 0 Å².